The Hall–Kier alpha value is -2.05. The molecule has 0 spiro atoms. The summed E-state index contributed by atoms with van der Waals surface area (Å²) in [7, 11) is 1.71. The fourth-order valence-corrected chi connectivity index (χ4v) is 3.00. The van der Waals surface area contributed by atoms with Crippen molar-refractivity contribution < 1.29 is 4.74 Å². The summed E-state index contributed by atoms with van der Waals surface area (Å²) in [5.41, 5.74) is 6.96. The summed E-state index contributed by atoms with van der Waals surface area (Å²) in [5.74, 6) is 1.98. The van der Waals surface area contributed by atoms with Gasteiger partial charge in [0.15, 0.2) is 5.82 Å². The van der Waals surface area contributed by atoms with Crippen molar-refractivity contribution in [1.82, 2.24) is 14.9 Å². The number of halogens is 1. The third kappa shape index (κ3) is 3.48. The van der Waals surface area contributed by atoms with Crippen LogP contribution in [0.5, 0.6) is 5.75 Å². The van der Waals surface area contributed by atoms with Crippen molar-refractivity contribution in [2.75, 3.05) is 43.9 Å². The lowest BCUT2D eigenvalue weighted by Crippen LogP contribution is -2.46. The Morgan fingerprint density at radius 3 is 2.65 bits per heavy atom. The van der Waals surface area contributed by atoms with Crippen LogP contribution in [-0.4, -0.2) is 48.2 Å². The van der Waals surface area contributed by atoms with Gasteiger partial charge in [-0.1, -0.05) is 29.8 Å². The quantitative estimate of drug-likeness (QED) is 0.923. The maximum absolute atomic E-state index is 6.21. The Morgan fingerprint density at radius 1 is 1.17 bits per heavy atom. The number of aromatic nitrogens is 2. The van der Waals surface area contributed by atoms with E-state index in [-0.39, 0.29) is 0 Å². The molecule has 0 saturated carbocycles. The molecule has 0 radical (unpaired) electrons. The van der Waals surface area contributed by atoms with Gasteiger partial charge in [-0.05, 0) is 6.07 Å². The number of benzene rings is 1. The number of ether oxygens (including phenoxy) is 1. The van der Waals surface area contributed by atoms with Crippen LogP contribution >= 0.6 is 11.6 Å². The van der Waals surface area contributed by atoms with Gasteiger partial charge in [0, 0.05) is 38.3 Å². The molecule has 7 heteroatoms. The van der Waals surface area contributed by atoms with Crippen molar-refractivity contribution in [2.24, 2.45) is 0 Å². The van der Waals surface area contributed by atoms with Crippen LogP contribution in [0.2, 0.25) is 5.02 Å². The normalized spacial score (nSPS) is 15.7. The number of methoxy groups -OCH3 is 1. The predicted molar refractivity (Wildman–Crippen MR) is 91.9 cm³/mol. The molecule has 1 aliphatic heterocycles. The molecule has 0 bridgehead atoms. The van der Waals surface area contributed by atoms with Gasteiger partial charge in [0.05, 0.1) is 7.11 Å². The highest BCUT2D eigenvalue weighted by atomic mass is 35.5. The Morgan fingerprint density at radius 2 is 1.91 bits per heavy atom. The molecule has 23 heavy (non-hydrogen) atoms. The van der Waals surface area contributed by atoms with Crippen LogP contribution in [0.3, 0.4) is 0 Å². The molecule has 1 aliphatic rings. The number of rotatable bonds is 4. The first-order valence-corrected chi connectivity index (χ1v) is 7.92. The molecular formula is C16H20ClN5O. The summed E-state index contributed by atoms with van der Waals surface area (Å²) in [4.78, 5) is 12.7. The highest BCUT2D eigenvalue weighted by Crippen LogP contribution is 2.28. The lowest BCUT2D eigenvalue weighted by Gasteiger charge is -2.35. The summed E-state index contributed by atoms with van der Waals surface area (Å²) < 4.78 is 5.42. The SMILES string of the molecule is COc1ccccc1CN1CCN(c2ncnc(N)c2Cl)CC1. The zero-order chi connectivity index (χ0) is 16.2. The molecule has 2 heterocycles. The number of hydrogen-bond donors (Lipinski definition) is 1. The summed E-state index contributed by atoms with van der Waals surface area (Å²) in [6.07, 6.45) is 1.46. The van der Waals surface area contributed by atoms with E-state index in [4.69, 9.17) is 22.1 Å². The Kier molecular flexibility index (Phi) is 4.83. The first kappa shape index (κ1) is 15.8. The minimum Gasteiger partial charge on any atom is -0.496 e. The van der Waals surface area contributed by atoms with E-state index in [0.29, 0.717) is 10.8 Å². The van der Waals surface area contributed by atoms with Crippen molar-refractivity contribution >= 4 is 23.2 Å². The van der Waals surface area contributed by atoms with E-state index in [1.807, 2.05) is 18.2 Å². The largest absolute Gasteiger partial charge is 0.496 e. The smallest absolute Gasteiger partial charge is 0.153 e. The van der Waals surface area contributed by atoms with Crippen LogP contribution in [0.15, 0.2) is 30.6 Å². The standard InChI is InChI=1S/C16H20ClN5O/c1-23-13-5-3-2-4-12(13)10-21-6-8-22(9-7-21)16-14(17)15(18)19-11-20-16/h2-5,11H,6-10H2,1H3,(H2,18,19,20). The highest BCUT2D eigenvalue weighted by molar-refractivity contribution is 6.35. The lowest BCUT2D eigenvalue weighted by atomic mass is 10.1. The van der Waals surface area contributed by atoms with Crippen molar-refractivity contribution in [3.05, 3.63) is 41.2 Å². The first-order chi connectivity index (χ1) is 11.2. The van der Waals surface area contributed by atoms with E-state index < -0.39 is 0 Å². The van der Waals surface area contributed by atoms with E-state index in [1.165, 1.54) is 11.9 Å². The summed E-state index contributed by atoms with van der Waals surface area (Å²) in [5, 5.41) is 0.436. The van der Waals surface area contributed by atoms with Crippen LogP contribution in [0.25, 0.3) is 0 Å². The molecule has 2 N–H and O–H groups in total. The number of piperazine rings is 1. The molecule has 0 amide bonds. The van der Waals surface area contributed by atoms with Gasteiger partial charge in [0.25, 0.3) is 0 Å². The third-order valence-corrected chi connectivity index (χ3v) is 4.42. The predicted octanol–water partition coefficient (Wildman–Crippen LogP) is 2.04. The number of nitrogen functional groups attached to an aromatic ring is 1. The molecule has 2 aromatic rings. The minimum absolute atomic E-state index is 0.327. The fraction of sp³-hybridized carbons (Fsp3) is 0.375. The van der Waals surface area contributed by atoms with Crippen molar-refractivity contribution in [3.63, 3.8) is 0 Å². The van der Waals surface area contributed by atoms with Crippen LogP contribution < -0.4 is 15.4 Å². The molecule has 6 nitrogen and oxygen atoms in total. The Labute approximate surface area is 140 Å². The molecule has 0 unspecified atom stereocenters. The van der Waals surface area contributed by atoms with E-state index in [0.717, 1.165) is 44.3 Å². The molecule has 1 aromatic heterocycles. The van der Waals surface area contributed by atoms with Crippen molar-refractivity contribution in [1.29, 1.82) is 0 Å². The summed E-state index contributed by atoms with van der Waals surface area (Å²) >= 11 is 6.21. The number of anilines is 2. The average molecular weight is 334 g/mol. The van der Waals surface area contributed by atoms with Crippen molar-refractivity contribution in [3.8, 4) is 5.75 Å². The molecule has 0 atom stereocenters. The van der Waals surface area contributed by atoms with Crippen LogP contribution in [-0.2, 0) is 6.54 Å². The van der Waals surface area contributed by atoms with Crippen LogP contribution in [0, 0.1) is 0 Å². The number of nitrogens with zero attached hydrogens (tertiary/aromatic N) is 4. The maximum Gasteiger partial charge on any atom is 0.153 e. The van der Waals surface area contributed by atoms with E-state index >= 15 is 0 Å². The van der Waals surface area contributed by atoms with E-state index in [2.05, 4.69) is 25.8 Å². The Bertz CT molecular complexity index is 673. The lowest BCUT2D eigenvalue weighted by molar-refractivity contribution is 0.245. The second kappa shape index (κ2) is 7.02. The van der Waals surface area contributed by atoms with Crippen molar-refractivity contribution in [2.45, 2.75) is 6.54 Å². The zero-order valence-corrected chi connectivity index (χ0v) is 13.8. The fourth-order valence-electron chi connectivity index (χ4n) is 2.79. The maximum atomic E-state index is 6.21. The van der Waals surface area contributed by atoms with Gasteiger partial charge in [-0.3, -0.25) is 4.90 Å². The van der Waals surface area contributed by atoms with Gasteiger partial charge in [-0.25, -0.2) is 9.97 Å². The first-order valence-electron chi connectivity index (χ1n) is 7.54. The Balaban J connectivity index is 1.63. The molecule has 1 aromatic carbocycles. The minimum atomic E-state index is 0.327. The average Bonchev–Trinajstić information content (AvgIpc) is 2.59. The third-order valence-electron chi connectivity index (χ3n) is 4.06. The van der Waals surface area contributed by atoms with Gasteiger partial charge < -0.3 is 15.4 Å². The summed E-state index contributed by atoms with van der Waals surface area (Å²) in [6, 6.07) is 8.13. The van der Waals surface area contributed by atoms with E-state index in [1.54, 1.807) is 7.11 Å². The second-order valence-corrected chi connectivity index (χ2v) is 5.85. The highest BCUT2D eigenvalue weighted by Gasteiger charge is 2.21. The van der Waals surface area contributed by atoms with Gasteiger partial charge in [0.2, 0.25) is 0 Å². The topological polar surface area (TPSA) is 67.5 Å². The zero-order valence-electron chi connectivity index (χ0n) is 13.1. The number of nitrogens with two attached hydrogens (primary N) is 1. The number of hydrogen-bond acceptors (Lipinski definition) is 6. The number of para-hydroxylation sites is 1. The molecule has 3 rings (SSSR count). The summed E-state index contributed by atoms with van der Waals surface area (Å²) in [6.45, 7) is 4.44. The molecular weight excluding hydrogens is 314 g/mol. The van der Waals surface area contributed by atoms with Gasteiger partial charge >= 0.3 is 0 Å². The molecule has 1 fully saturated rings. The van der Waals surface area contributed by atoms with Crippen LogP contribution in [0.4, 0.5) is 11.6 Å². The molecule has 1 saturated heterocycles. The molecule has 0 aliphatic carbocycles. The van der Waals surface area contributed by atoms with E-state index in [9.17, 15) is 0 Å². The van der Waals surface area contributed by atoms with Gasteiger partial charge in [-0.2, -0.15) is 0 Å². The monoisotopic (exact) mass is 333 g/mol. The van der Waals surface area contributed by atoms with Gasteiger partial charge in [0.1, 0.15) is 22.9 Å². The van der Waals surface area contributed by atoms with Crippen LogP contribution in [0.1, 0.15) is 5.56 Å². The van der Waals surface area contributed by atoms with Gasteiger partial charge in [-0.15, -0.1) is 0 Å². The second-order valence-electron chi connectivity index (χ2n) is 5.47. The molecule has 122 valence electrons.